The van der Waals surface area contributed by atoms with Gasteiger partial charge in [-0.25, -0.2) is 0 Å². The molecule has 0 unspecified atom stereocenters. The molecule has 0 aliphatic heterocycles. The van der Waals surface area contributed by atoms with E-state index in [4.69, 9.17) is 21.1 Å². The minimum atomic E-state index is -0.330. The second kappa shape index (κ2) is 7.51. The summed E-state index contributed by atoms with van der Waals surface area (Å²) in [5, 5.41) is 0.678. The van der Waals surface area contributed by atoms with Gasteiger partial charge < -0.3 is 14.0 Å². The topological polar surface area (TPSA) is 52.8 Å². The van der Waals surface area contributed by atoms with Gasteiger partial charge in [0.2, 0.25) is 0 Å². The first-order valence-corrected chi connectivity index (χ1v) is 9.28. The zero-order valence-electron chi connectivity index (χ0n) is 15.0. The van der Waals surface area contributed by atoms with Crippen molar-refractivity contribution in [3.05, 3.63) is 51.3 Å². The number of nitrogens with zero attached hydrogens (tertiary/aromatic N) is 2. The number of halogens is 1. The van der Waals surface area contributed by atoms with Crippen molar-refractivity contribution in [1.82, 2.24) is 4.57 Å². The second-order valence-corrected chi connectivity index (χ2v) is 7.13. The number of carbonyl (C=O) groups is 1. The fourth-order valence-corrected chi connectivity index (χ4v) is 4.42. The van der Waals surface area contributed by atoms with Gasteiger partial charge in [0, 0.05) is 17.1 Å². The lowest BCUT2D eigenvalue weighted by Gasteiger charge is -2.07. The summed E-state index contributed by atoms with van der Waals surface area (Å²) in [5.41, 5.74) is 2.56. The van der Waals surface area contributed by atoms with Crippen molar-refractivity contribution in [2.24, 2.45) is 4.99 Å². The Kier molecular flexibility index (Phi) is 5.34. The smallest absolute Gasteiger partial charge is 0.279 e. The molecule has 0 bridgehead atoms. The summed E-state index contributed by atoms with van der Waals surface area (Å²) in [6.07, 6.45) is 0. The van der Waals surface area contributed by atoms with Crippen LogP contribution in [0.2, 0.25) is 5.02 Å². The first kappa shape index (κ1) is 18.5. The summed E-state index contributed by atoms with van der Waals surface area (Å²) < 4.78 is 13.5. The number of aromatic nitrogens is 1. The van der Waals surface area contributed by atoms with E-state index in [0.717, 1.165) is 15.8 Å². The molecule has 0 saturated heterocycles. The van der Waals surface area contributed by atoms with Crippen LogP contribution in [0.15, 0.2) is 35.3 Å². The monoisotopic (exact) mass is 390 g/mol. The Bertz CT molecular complexity index is 1050. The Hall–Kier alpha value is -2.31. The number of methoxy groups -OCH3 is 2. The van der Waals surface area contributed by atoms with Gasteiger partial charge in [-0.3, -0.25) is 4.79 Å². The fraction of sp³-hybridized carbons (Fsp3) is 0.263. The Morgan fingerprint density at radius 2 is 1.92 bits per heavy atom. The van der Waals surface area contributed by atoms with Crippen molar-refractivity contribution in [3.8, 4) is 11.5 Å². The third kappa shape index (κ3) is 3.34. The molecule has 0 atom stereocenters. The van der Waals surface area contributed by atoms with E-state index in [9.17, 15) is 4.79 Å². The molecule has 3 aromatic rings. The minimum Gasteiger partial charge on any atom is -0.493 e. The predicted octanol–water partition coefficient (Wildman–Crippen LogP) is 4.44. The molecule has 0 radical (unpaired) electrons. The molecule has 26 heavy (non-hydrogen) atoms. The summed E-state index contributed by atoms with van der Waals surface area (Å²) in [4.78, 5) is 17.7. The second-order valence-electron chi connectivity index (χ2n) is 5.69. The molecule has 1 aromatic heterocycles. The van der Waals surface area contributed by atoms with Crippen LogP contribution in [0, 0.1) is 6.92 Å². The molecule has 7 heteroatoms. The Balaban J connectivity index is 2.13. The molecule has 1 heterocycles. The van der Waals surface area contributed by atoms with Crippen LogP contribution >= 0.6 is 22.9 Å². The third-order valence-electron chi connectivity index (χ3n) is 4.08. The number of rotatable bonds is 4. The average Bonchev–Trinajstić information content (AvgIpc) is 2.97. The Morgan fingerprint density at radius 3 is 2.58 bits per heavy atom. The lowest BCUT2D eigenvalue weighted by molar-refractivity contribution is 0.0997. The summed E-state index contributed by atoms with van der Waals surface area (Å²) in [6.45, 7) is 4.74. The first-order chi connectivity index (χ1) is 12.5. The zero-order valence-corrected chi connectivity index (χ0v) is 16.6. The van der Waals surface area contributed by atoms with Crippen LogP contribution in [-0.2, 0) is 6.54 Å². The maximum Gasteiger partial charge on any atom is 0.279 e. The van der Waals surface area contributed by atoms with Gasteiger partial charge in [0.1, 0.15) is 0 Å². The summed E-state index contributed by atoms with van der Waals surface area (Å²) in [5.74, 6) is 0.735. The van der Waals surface area contributed by atoms with Crippen LogP contribution in [0.1, 0.15) is 22.8 Å². The number of ether oxygens (including phenoxy) is 2. The van der Waals surface area contributed by atoms with Gasteiger partial charge in [0.25, 0.3) is 5.91 Å². The normalized spacial score (nSPS) is 11.8. The van der Waals surface area contributed by atoms with Crippen molar-refractivity contribution in [2.75, 3.05) is 14.2 Å². The fourth-order valence-electron chi connectivity index (χ4n) is 2.87. The number of benzene rings is 2. The van der Waals surface area contributed by atoms with Gasteiger partial charge in [0.05, 0.1) is 24.4 Å². The van der Waals surface area contributed by atoms with Gasteiger partial charge in [0.15, 0.2) is 16.3 Å². The predicted molar refractivity (Wildman–Crippen MR) is 105 cm³/mol. The number of aryl methyl sites for hydroxylation is 2. The standard InChI is InChI=1S/C19H19ClN2O3S/c1-5-22-17-11(2)8-13(20)10-16(17)26-19(22)21-18(23)12-6-7-14(24-3)15(9-12)25-4/h6-10H,5H2,1-4H3. The molecule has 3 rings (SSSR count). The molecule has 1 amide bonds. The van der Waals surface area contributed by atoms with Gasteiger partial charge in [-0.15, -0.1) is 0 Å². The van der Waals surface area contributed by atoms with Crippen molar-refractivity contribution < 1.29 is 14.3 Å². The maximum atomic E-state index is 12.7. The van der Waals surface area contributed by atoms with Gasteiger partial charge in [-0.05, 0) is 49.7 Å². The minimum absolute atomic E-state index is 0.330. The lowest BCUT2D eigenvalue weighted by atomic mass is 10.2. The van der Waals surface area contributed by atoms with Crippen molar-refractivity contribution in [1.29, 1.82) is 0 Å². The maximum absolute atomic E-state index is 12.7. The molecule has 2 aromatic carbocycles. The average molecular weight is 391 g/mol. The third-order valence-corrected chi connectivity index (χ3v) is 5.32. The highest BCUT2D eigenvalue weighted by Gasteiger charge is 2.13. The Morgan fingerprint density at radius 1 is 1.19 bits per heavy atom. The number of hydrogen-bond donors (Lipinski definition) is 0. The number of fused-ring (bicyclic) bond motifs is 1. The quantitative estimate of drug-likeness (QED) is 0.661. The van der Waals surface area contributed by atoms with E-state index in [0.29, 0.717) is 33.4 Å². The molecule has 0 N–H and O–H groups in total. The molecule has 136 valence electrons. The molecule has 0 aliphatic carbocycles. The number of thiazole rings is 1. The van der Waals surface area contributed by atoms with E-state index in [1.807, 2.05) is 30.5 Å². The highest BCUT2D eigenvalue weighted by molar-refractivity contribution is 7.16. The van der Waals surface area contributed by atoms with E-state index in [2.05, 4.69) is 4.99 Å². The highest BCUT2D eigenvalue weighted by Crippen LogP contribution is 2.28. The first-order valence-electron chi connectivity index (χ1n) is 8.09. The van der Waals surface area contributed by atoms with Crippen molar-refractivity contribution >= 4 is 39.1 Å². The highest BCUT2D eigenvalue weighted by atomic mass is 35.5. The van der Waals surface area contributed by atoms with E-state index >= 15 is 0 Å². The zero-order chi connectivity index (χ0) is 18.8. The molecule has 0 fully saturated rings. The lowest BCUT2D eigenvalue weighted by Crippen LogP contribution is -2.16. The van der Waals surface area contributed by atoms with Crippen LogP contribution in [0.3, 0.4) is 0 Å². The van der Waals surface area contributed by atoms with E-state index in [1.165, 1.54) is 18.4 Å². The van der Waals surface area contributed by atoms with E-state index in [1.54, 1.807) is 25.3 Å². The van der Waals surface area contributed by atoms with E-state index in [-0.39, 0.29) is 5.91 Å². The molecular formula is C19H19ClN2O3S. The van der Waals surface area contributed by atoms with Crippen LogP contribution < -0.4 is 14.3 Å². The van der Waals surface area contributed by atoms with Gasteiger partial charge >= 0.3 is 0 Å². The van der Waals surface area contributed by atoms with Gasteiger partial charge in [-0.1, -0.05) is 22.9 Å². The summed E-state index contributed by atoms with van der Waals surface area (Å²) in [6, 6.07) is 8.84. The number of amides is 1. The largest absolute Gasteiger partial charge is 0.493 e. The number of hydrogen-bond acceptors (Lipinski definition) is 4. The number of carbonyl (C=O) groups excluding carboxylic acids is 1. The molecule has 0 saturated carbocycles. The van der Waals surface area contributed by atoms with Crippen molar-refractivity contribution in [2.45, 2.75) is 20.4 Å². The van der Waals surface area contributed by atoms with Crippen LogP contribution in [0.5, 0.6) is 11.5 Å². The SMILES string of the molecule is CCn1c(=NC(=O)c2ccc(OC)c(OC)c2)sc2cc(Cl)cc(C)c21. The van der Waals surface area contributed by atoms with Crippen LogP contribution in [0.4, 0.5) is 0 Å². The van der Waals surface area contributed by atoms with E-state index < -0.39 is 0 Å². The van der Waals surface area contributed by atoms with Crippen LogP contribution in [-0.4, -0.2) is 24.7 Å². The van der Waals surface area contributed by atoms with Gasteiger partial charge in [-0.2, -0.15) is 4.99 Å². The van der Waals surface area contributed by atoms with Crippen molar-refractivity contribution in [3.63, 3.8) is 0 Å². The molecule has 5 nitrogen and oxygen atoms in total. The summed E-state index contributed by atoms with van der Waals surface area (Å²) >= 11 is 7.62. The Labute approximate surface area is 160 Å². The molecule has 0 aliphatic rings. The summed E-state index contributed by atoms with van der Waals surface area (Å²) in [7, 11) is 3.09. The molecule has 0 spiro atoms. The van der Waals surface area contributed by atoms with Crippen LogP contribution in [0.25, 0.3) is 10.2 Å². The molecular weight excluding hydrogens is 372 g/mol.